The van der Waals surface area contributed by atoms with Gasteiger partial charge in [-0.1, -0.05) is 20.8 Å². The first-order chi connectivity index (χ1) is 8.04. The highest BCUT2D eigenvalue weighted by Crippen LogP contribution is 2.34. The van der Waals surface area contributed by atoms with Crippen molar-refractivity contribution in [1.82, 2.24) is 10.2 Å². The number of nitrogens with zero attached hydrogens (tertiary/aromatic N) is 1. The molecule has 0 aromatic carbocycles. The maximum absolute atomic E-state index is 11.6. The predicted molar refractivity (Wildman–Crippen MR) is 74.3 cm³/mol. The Hall–Kier alpha value is -0.260. The molecule has 1 rings (SSSR count). The molecule has 0 spiro atoms. The third-order valence-corrected chi connectivity index (χ3v) is 4.90. The van der Waals surface area contributed by atoms with Gasteiger partial charge in [-0.25, -0.2) is 0 Å². The monoisotopic (exact) mass is 259 g/mol. The second-order valence-corrected chi connectivity index (χ2v) is 6.15. The molecule has 0 aromatic heterocycles. The largest absolute Gasteiger partial charge is 0.368 e. The summed E-state index contributed by atoms with van der Waals surface area (Å²) in [5.74, 6) is 0.607. The first-order valence-electron chi connectivity index (χ1n) is 6.43. The average Bonchev–Trinajstić information content (AvgIpc) is 2.68. The lowest BCUT2D eigenvalue weighted by atomic mass is 9.95. The van der Waals surface area contributed by atoms with Crippen LogP contribution in [0.15, 0.2) is 0 Å². The number of thioether (sulfide) groups is 1. The molecule has 1 amide bonds. The van der Waals surface area contributed by atoms with Gasteiger partial charge in [0, 0.05) is 24.1 Å². The van der Waals surface area contributed by atoms with Crippen LogP contribution < -0.4 is 11.1 Å². The van der Waals surface area contributed by atoms with E-state index in [1.54, 1.807) is 0 Å². The number of hydrogen-bond acceptors (Lipinski definition) is 4. The summed E-state index contributed by atoms with van der Waals surface area (Å²) in [6, 6.07) is 0. The Bertz CT molecular complexity index is 258. The number of amides is 1. The lowest BCUT2D eigenvalue weighted by Crippen LogP contribution is -2.57. The molecule has 3 N–H and O–H groups in total. The second-order valence-electron chi connectivity index (χ2n) is 4.73. The topological polar surface area (TPSA) is 58.4 Å². The Morgan fingerprint density at radius 2 is 2.18 bits per heavy atom. The van der Waals surface area contributed by atoms with E-state index in [1.807, 2.05) is 11.8 Å². The third kappa shape index (κ3) is 3.86. The molecule has 0 aromatic rings. The number of likely N-dealkylation sites (N-methyl/N-ethyl adjacent to an activating group) is 1. The first-order valence-corrected chi connectivity index (χ1v) is 7.48. The van der Waals surface area contributed by atoms with Gasteiger partial charge >= 0.3 is 0 Å². The van der Waals surface area contributed by atoms with E-state index in [-0.39, 0.29) is 5.91 Å². The molecular weight excluding hydrogens is 234 g/mol. The summed E-state index contributed by atoms with van der Waals surface area (Å²) in [5, 5.41) is 3.90. The van der Waals surface area contributed by atoms with Gasteiger partial charge in [-0.3, -0.25) is 4.79 Å². The summed E-state index contributed by atoms with van der Waals surface area (Å²) in [4.78, 5) is 14.0. The Morgan fingerprint density at radius 3 is 2.59 bits per heavy atom. The fourth-order valence-electron chi connectivity index (χ4n) is 2.27. The van der Waals surface area contributed by atoms with E-state index in [0.717, 1.165) is 38.4 Å². The number of nitrogens with two attached hydrogens (primary N) is 1. The summed E-state index contributed by atoms with van der Waals surface area (Å²) in [5.41, 5.74) is 5.07. The van der Waals surface area contributed by atoms with Crippen molar-refractivity contribution < 1.29 is 4.79 Å². The van der Waals surface area contributed by atoms with Gasteiger partial charge in [0.15, 0.2) is 0 Å². The molecule has 2 atom stereocenters. The van der Waals surface area contributed by atoms with E-state index < -0.39 is 5.54 Å². The number of primary amides is 1. The van der Waals surface area contributed by atoms with Crippen LogP contribution in [0.5, 0.6) is 0 Å². The number of carbonyl (C=O) groups excluding carboxylic acids is 1. The predicted octanol–water partition coefficient (Wildman–Crippen LogP) is 0.667. The van der Waals surface area contributed by atoms with Gasteiger partial charge in [-0.05, 0) is 19.5 Å². The number of rotatable bonds is 7. The van der Waals surface area contributed by atoms with Gasteiger partial charge in [-0.15, -0.1) is 0 Å². The zero-order valence-electron chi connectivity index (χ0n) is 11.2. The van der Waals surface area contributed by atoms with Crippen molar-refractivity contribution in [3.63, 3.8) is 0 Å². The minimum Gasteiger partial charge on any atom is -0.368 e. The summed E-state index contributed by atoms with van der Waals surface area (Å²) < 4.78 is 0. The molecular formula is C12H25N3OS. The molecule has 0 bridgehead atoms. The van der Waals surface area contributed by atoms with Crippen molar-refractivity contribution in [1.29, 1.82) is 0 Å². The highest BCUT2D eigenvalue weighted by molar-refractivity contribution is 8.00. The molecule has 100 valence electrons. The van der Waals surface area contributed by atoms with Gasteiger partial charge in [0.2, 0.25) is 5.91 Å². The smallest absolute Gasteiger partial charge is 0.238 e. The van der Waals surface area contributed by atoms with Gasteiger partial charge in [0.05, 0.1) is 0 Å². The van der Waals surface area contributed by atoms with Crippen LogP contribution in [0, 0.1) is 0 Å². The van der Waals surface area contributed by atoms with Crippen molar-refractivity contribution >= 4 is 17.7 Å². The minimum absolute atomic E-state index is 0.200. The molecule has 1 aliphatic rings. The summed E-state index contributed by atoms with van der Waals surface area (Å²) >= 11 is 1.83. The molecule has 4 nitrogen and oxygen atoms in total. The highest BCUT2D eigenvalue weighted by atomic mass is 32.2. The average molecular weight is 259 g/mol. The van der Waals surface area contributed by atoms with E-state index in [2.05, 4.69) is 31.0 Å². The third-order valence-electron chi connectivity index (χ3n) is 3.51. The maximum Gasteiger partial charge on any atom is 0.238 e. The Balaban J connectivity index is 2.44. The van der Waals surface area contributed by atoms with Crippen LogP contribution >= 0.6 is 11.8 Å². The highest BCUT2D eigenvalue weighted by Gasteiger charge is 2.42. The van der Waals surface area contributed by atoms with Crippen molar-refractivity contribution in [3.8, 4) is 0 Å². The number of nitrogens with one attached hydrogen (secondary N) is 1. The minimum atomic E-state index is -0.475. The Labute approximate surface area is 109 Å². The Morgan fingerprint density at radius 1 is 1.53 bits per heavy atom. The summed E-state index contributed by atoms with van der Waals surface area (Å²) in [6.45, 7) is 10.4. The van der Waals surface area contributed by atoms with Gasteiger partial charge in [0.1, 0.15) is 5.54 Å². The van der Waals surface area contributed by atoms with Crippen LogP contribution in [0.4, 0.5) is 0 Å². The summed E-state index contributed by atoms with van der Waals surface area (Å²) in [6.07, 6.45) is 0.852. The van der Waals surface area contributed by atoms with Crippen LogP contribution in [0.25, 0.3) is 0 Å². The molecule has 1 saturated heterocycles. The first kappa shape index (κ1) is 14.8. The maximum atomic E-state index is 11.6. The van der Waals surface area contributed by atoms with Gasteiger partial charge in [0.25, 0.3) is 0 Å². The van der Waals surface area contributed by atoms with Crippen LogP contribution in [-0.2, 0) is 4.79 Å². The van der Waals surface area contributed by atoms with Crippen LogP contribution in [0.3, 0.4) is 0 Å². The van der Waals surface area contributed by atoms with Crippen molar-refractivity contribution in [2.24, 2.45) is 5.73 Å². The summed E-state index contributed by atoms with van der Waals surface area (Å²) in [7, 11) is 0. The van der Waals surface area contributed by atoms with Gasteiger partial charge in [-0.2, -0.15) is 11.8 Å². The molecule has 5 heteroatoms. The molecule has 2 unspecified atom stereocenters. The van der Waals surface area contributed by atoms with E-state index in [0.29, 0.717) is 5.25 Å². The van der Waals surface area contributed by atoms with Crippen LogP contribution in [-0.4, -0.2) is 53.5 Å². The fraction of sp³-hybridized carbons (Fsp3) is 0.917. The zero-order chi connectivity index (χ0) is 12.9. The van der Waals surface area contributed by atoms with Gasteiger partial charge < -0.3 is 16.0 Å². The van der Waals surface area contributed by atoms with E-state index in [4.69, 9.17) is 5.73 Å². The molecule has 1 fully saturated rings. The number of hydrogen-bond donors (Lipinski definition) is 2. The standard InChI is InChI=1S/C12H25N3OS/c1-4-15(5-2)7-6-14-12(11(13)16)8-10(3)17-9-12/h10,14H,4-9H2,1-3H3,(H2,13,16). The SMILES string of the molecule is CCN(CC)CCNC1(C(N)=O)CSC(C)C1. The van der Waals surface area contributed by atoms with E-state index >= 15 is 0 Å². The van der Waals surface area contributed by atoms with E-state index in [1.165, 1.54) is 0 Å². The molecule has 0 saturated carbocycles. The van der Waals surface area contributed by atoms with Crippen molar-refractivity contribution in [2.75, 3.05) is 31.9 Å². The number of carbonyl (C=O) groups is 1. The fourth-order valence-corrected chi connectivity index (χ4v) is 3.60. The van der Waals surface area contributed by atoms with Crippen molar-refractivity contribution in [2.45, 2.75) is 38.0 Å². The lowest BCUT2D eigenvalue weighted by molar-refractivity contribution is -0.123. The lowest BCUT2D eigenvalue weighted by Gasteiger charge is -2.28. The molecule has 1 aliphatic heterocycles. The molecule has 0 aliphatic carbocycles. The van der Waals surface area contributed by atoms with E-state index in [9.17, 15) is 4.79 Å². The quantitative estimate of drug-likeness (QED) is 0.705. The Kier molecular flexibility index (Phi) is 5.76. The second kappa shape index (κ2) is 6.61. The van der Waals surface area contributed by atoms with Crippen molar-refractivity contribution in [3.05, 3.63) is 0 Å². The molecule has 17 heavy (non-hydrogen) atoms. The molecule has 1 heterocycles. The molecule has 0 radical (unpaired) electrons. The van der Waals surface area contributed by atoms with Crippen LogP contribution in [0.2, 0.25) is 0 Å². The zero-order valence-corrected chi connectivity index (χ0v) is 12.0. The van der Waals surface area contributed by atoms with Crippen LogP contribution in [0.1, 0.15) is 27.2 Å². The normalized spacial score (nSPS) is 28.8.